The fourth-order valence-corrected chi connectivity index (χ4v) is 1.91. The maximum absolute atomic E-state index is 11.9. The second-order valence-electron chi connectivity index (χ2n) is 4.72. The van der Waals surface area contributed by atoms with Crippen LogP contribution in [0.2, 0.25) is 0 Å². The van der Waals surface area contributed by atoms with Crippen LogP contribution in [0.25, 0.3) is 0 Å². The quantitative estimate of drug-likeness (QED) is 0.807. The lowest BCUT2D eigenvalue weighted by atomic mass is 10.0. The summed E-state index contributed by atoms with van der Waals surface area (Å²) in [5, 5.41) is 4.09. The number of carbonyl (C=O) groups is 1. The van der Waals surface area contributed by atoms with Gasteiger partial charge in [0.1, 0.15) is 5.78 Å². The van der Waals surface area contributed by atoms with Crippen LogP contribution in [-0.4, -0.2) is 15.6 Å². The molecule has 0 saturated carbocycles. The van der Waals surface area contributed by atoms with Gasteiger partial charge in [-0.25, -0.2) is 0 Å². The number of nitrogens with zero attached hydrogens (tertiary/aromatic N) is 2. The molecule has 2 aromatic rings. The van der Waals surface area contributed by atoms with Crippen LogP contribution in [0.4, 0.5) is 0 Å². The van der Waals surface area contributed by atoms with Gasteiger partial charge in [0.25, 0.3) is 0 Å². The van der Waals surface area contributed by atoms with Gasteiger partial charge in [-0.15, -0.1) is 0 Å². The molecule has 0 radical (unpaired) electrons. The minimum Gasteiger partial charge on any atom is -0.299 e. The van der Waals surface area contributed by atoms with Gasteiger partial charge < -0.3 is 0 Å². The fourth-order valence-electron chi connectivity index (χ4n) is 1.91. The number of ketones is 1. The zero-order chi connectivity index (χ0) is 13.0. The standard InChI is InChI=1S/C15H18N2O/c1-12-3-5-13(6-4-12)9-15(18)8-7-14-10-16-17(2)11-14/h3-6,10-11H,7-9H2,1-2H3. The Labute approximate surface area is 107 Å². The van der Waals surface area contributed by atoms with Crippen molar-refractivity contribution in [1.82, 2.24) is 9.78 Å². The summed E-state index contributed by atoms with van der Waals surface area (Å²) in [6, 6.07) is 8.14. The summed E-state index contributed by atoms with van der Waals surface area (Å²) in [7, 11) is 1.89. The lowest BCUT2D eigenvalue weighted by Crippen LogP contribution is -2.04. The number of rotatable bonds is 5. The highest BCUT2D eigenvalue weighted by molar-refractivity contribution is 5.81. The van der Waals surface area contributed by atoms with Crippen molar-refractivity contribution in [2.24, 2.45) is 7.05 Å². The second-order valence-corrected chi connectivity index (χ2v) is 4.72. The van der Waals surface area contributed by atoms with E-state index in [1.807, 2.05) is 50.6 Å². The molecule has 0 bridgehead atoms. The Bertz CT molecular complexity index is 526. The van der Waals surface area contributed by atoms with Crippen LogP contribution in [0.5, 0.6) is 0 Å². The number of hydrogen-bond donors (Lipinski definition) is 0. The third kappa shape index (κ3) is 3.55. The summed E-state index contributed by atoms with van der Waals surface area (Å²) in [6.07, 6.45) is 5.66. The van der Waals surface area contributed by atoms with Crippen LogP contribution in [0.1, 0.15) is 23.1 Å². The van der Waals surface area contributed by atoms with Crippen LogP contribution in [0.3, 0.4) is 0 Å². The van der Waals surface area contributed by atoms with Gasteiger partial charge in [0.05, 0.1) is 6.20 Å². The maximum atomic E-state index is 11.9. The lowest BCUT2D eigenvalue weighted by Gasteiger charge is -2.01. The van der Waals surface area contributed by atoms with Gasteiger partial charge >= 0.3 is 0 Å². The Morgan fingerprint density at radius 1 is 1.22 bits per heavy atom. The first-order valence-electron chi connectivity index (χ1n) is 6.18. The van der Waals surface area contributed by atoms with Gasteiger partial charge in [0.15, 0.2) is 0 Å². The molecule has 94 valence electrons. The van der Waals surface area contributed by atoms with E-state index >= 15 is 0 Å². The second kappa shape index (κ2) is 5.63. The van der Waals surface area contributed by atoms with Crippen LogP contribution in [-0.2, 0) is 24.7 Å². The molecule has 3 nitrogen and oxygen atoms in total. The first-order valence-corrected chi connectivity index (χ1v) is 6.18. The van der Waals surface area contributed by atoms with E-state index in [0.29, 0.717) is 12.8 Å². The summed E-state index contributed by atoms with van der Waals surface area (Å²) < 4.78 is 1.76. The van der Waals surface area contributed by atoms with Crippen molar-refractivity contribution in [3.05, 3.63) is 53.3 Å². The van der Waals surface area contributed by atoms with E-state index in [9.17, 15) is 4.79 Å². The van der Waals surface area contributed by atoms with E-state index in [-0.39, 0.29) is 5.78 Å². The first kappa shape index (κ1) is 12.6. The predicted molar refractivity (Wildman–Crippen MR) is 71.4 cm³/mol. The molecule has 0 aliphatic heterocycles. The molecule has 18 heavy (non-hydrogen) atoms. The van der Waals surface area contributed by atoms with Crippen molar-refractivity contribution in [1.29, 1.82) is 0 Å². The summed E-state index contributed by atoms with van der Waals surface area (Å²) in [5.41, 5.74) is 3.44. The van der Waals surface area contributed by atoms with E-state index < -0.39 is 0 Å². The highest BCUT2D eigenvalue weighted by atomic mass is 16.1. The molecule has 0 atom stereocenters. The summed E-state index contributed by atoms with van der Waals surface area (Å²) in [5.74, 6) is 0.280. The predicted octanol–water partition coefficient (Wildman–Crippen LogP) is 2.47. The van der Waals surface area contributed by atoms with E-state index in [1.54, 1.807) is 4.68 Å². The SMILES string of the molecule is Cc1ccc(CC(=O)CCc2cnn(C)c2)cc1. The normalized spacial score (nSPS) is 10.6. The van der Waals surface area contributed by atoms with Crippen molar-refractivity contribution < 1.29 is 4.79 Å². The Morgan fingerprint density at radius 2 is 1.94 bits per heavy atom. The number of carbonyl (C=O) groups excluding carboxylic acids is 1. The first-order chi connectivity index (χ1) is 8.63. The molecule has 1 aromatic carbocycles. The van der Waals surface area contributed by atoms with E-state index in [2.05, 4.69) is 5.10 Å². The molecule has 3 heteroatoms. The van der Waals surface area contributed by atoms with Crippen molar-refractivity contribution in [3.8, 4) is 0 Å². The van der Waals surface area contributed by atoms with Gasteiger partial charge in [-0.3, -0.25) is 9.48 Å². The van der Waals surface area contributed by atoms with E-state index in [4.69, 9.17) is 0 Å². The topological polar surface area (TPSA) is 34.9 Å². The molecule has 0 saturated heterocycles. The lowest BCUT2D eigenvalue weighted by molar-refractivity contribution is -0.118. The summed E-state index contributed by atoms with van der Waals surface area (Å²) >= 11 is 0. The number of aryl methyl sites for hydroxylation is 3. The molecule has 2 rings (SSSR count). The maximum Gasteiger partial charge on any atom is 0.137 e. The van der Waals surface area contributed by atoms with E-state index in [0.717, 1.165) is 17.5 Å². The number of aromatic nitrogens is 2. The highest BCUT2D eigenvalue weighted by Gasteiger charge is 2.05. The van der Waals surface area contributed by atoms with Crippen LogP contribution >= 0.6 is 0 Å². The number of hydrogen-bond acceptors (Lipinski definition) is 2. The summed E-state index contributed by atoms with van der Waals surface area (Å²) in [6.45, 7) is 2.05. The molecule has 0 spiro atoms. The fraction of sp³-hybridized carbons (Fsp3) is 0.333. The van der Waals surface area contributed by atoms with Crippen molar-refractivity contribution in [2.45, 2.75) is 26.2 Å². The van der Waals surface area contributed by atoms with Crippen molar-refractivity contribution >= 4 is 5.78 Å². The molecule has 1 aromatic heterocycles. The average molecular weight is 242 g/mol. The van der Waals surface area contributed by atoms with Gasteiger partial charge in [-0.2, -0.15) is 5.10 Å². The molecule has 0 unspecified atom stereocenters. The third-order valence-electron chi connectivity index (χ3n) is 2.97. The van der Waals surface area contributed by atoms with Crippen LogP contribution in [0.15, 0.2) is 36.7 Å². The van der Waals surface area contributed by atoms with Gasteiger partial charge in [-0.1, -0.05) is 29.8 Å². The van der Waals surface area contributed by atoms with Gasteiger partial charge in [0.2, 0.25) is 0 Å². The van der Waals surface area contributed by atoms with Crippen LogP contribution in [0, 0.1) is 6.92 Å². The van der Waals surface area contributed by atoms with E-state index in [1.165, 1.54) is 5.56 Å². The number of Topliss-reactive ketones (excluding diaryl/α,β-unsaturated/α-hetero) is 1. The van der Waals surface area contributed by atoms with Crippen molar-refractivity contribution in [2.75, 3.05) is 0 Å². The minimum atomic E-state index is 0.280. The minimum absolute atomic E-state index is 0.280. The van der Waals surface area contributed by atoms with Crippen LogP contribution < -0.4 is 0 Å². The molecular weight excluding hydrogens is 224 g/mol. The average Bonchev–Trinajstić information content (AvgIpc) is 2.76. The molecule has 0 aliphatic carbocycles. The molecule has 0 aliphatic rings. The number of benzene rings is 1. The molecule has 0 fully saturated rings. The zero-order valence-electron chi connectivity index (χ0n) is 10.9. The van der Waals surface area contributed by atoms with Crippen molar-refractivity contribution in [3.63, 3.8) is 0 Å². The molecule has 0 amide bonds. The smallest absolute Gasteiger partial charge is 0.137 e. The zero-order valence-corrected chi connectivity index (χ0v) is 10.9. The molecular formula is C15H18N2O. The largest absolute Gasteiger partial charge is 0.299 e. The summed E-state index contributed by atoms with van der Waals surface area (Å²) in [4.78, 5) is 11.9. The molecule has 1 heterocycles. The third-order valence-corrected chi connectivity index (χ3v) is 2.97. The van der Waals surface area contributed by atoms with Gasteiger partial charge in [-0.05, 0) is 24.5 Å². The van der Waals surface area contributed by atoms with Gasteiger partial charge in [0, 0.05) is 26.1 Å². The molecule has 0 N–H and O–H groups in total. The monoisotopic (exact) mass is 242 g/mol. The Kier molecular flexibility index (Phi) is 3.92. The Balaban J connectivity index is 1.83. The Morgan fingerprint density at radius 3 is 2.56 bits per heavy atom. The Hall–Kier alpha value is -1.90. The highest BCUT2D eigenvalue weighted by Crippen LogP contribution is 2.07.